The molecule has 1 unspecified atom stereocenters. The Labute approximate surface area is 116 Å². The minimum absolute atomic E-state index is 0.226. The molecule has 3 nitrogen and oxygen atoms in total. The van der Waals surface area contributed by atoms with Crippen LogP contribution in [0.15, 0.2) is 18.2 Å². The van der Waals surface area contributed by atoms with Gasteiger partial charge in [-0.15, -0.1) is 0 Å². The van der Waals surface area contributed by atoms with Crippen molar-refractivity contribution in [2.45, 2.75) is 13.5 Å². The zero-order valence-electron chi connectivity index (χ0n) is 10.1. The molecule has 98 valence electrons. The first kappa shape index (κ1) is 13.7. The molecule has 1 aliphatic heterocycles. The van der Waals surface area contributed by atoms with Crippen LogP contribution in [0.2, 0.25) is 10.0 Å². The number of benzene rings is 1. The lowest BCUT2D eigenvalue weighted by Crippen LogP contribution is -2.50. The third-order valence-corrected chi connectivity index (χ3v) is 4.23. The van der Waals surface area contributed by atoms with E-state index in [1.165, 1.54) is 0 Å². The van der Waals surface area contributed by atoms with Gasteiger partial charge in [0.15, 0.2) is 0 Å². The van der Waals surface area contributed by atoms with Crippen LogP contribution < -0.4 is 0 Å². The Hall–Kier alpha value is -0.770. The Bertz CT molecular complexity index is 438. The molecule has 1 aromatic rings. The summed E-state index contributed by atoms with van der Waals surface area (Å²) in [5, 5.41) is 10.2. The van der Waals surface area contributed by atoms with Crippen molar-refractivity contribution in [3.05, 3.63) is 33.8 Å². The molecule has 1 N–H and O–H groups in total. The normalized spacial score (nSPS) is 18.4. The molecule has 5 heteroatoms. The van der Waals surface area contributed by atoms with Gasteiger partial charge in [0.25, 0.3) is 0 Å². The largest absolute Gasteiger partial charge is 0.481 e. The molecule has 0 aliphatic carbocycles. The maximum Gasteiger partial charge on any atom is 0.306 e. The standard InChI is InChI=1S/C13H15Cl2NO2/c1-8(13(17)18)9-5-16(6-9)7-10-11(14)3-2-4-12(10)15/h2-4,8-9H,5-7H2,1H3,(H,17,18). The van der Waals surface area contributed by atoms with Gasteiger partial charge in [0.2, 0.25) is 0 Å². The molecule has 1 aliphatic rings. The topological polar surface area (TPSA) is 40.5 Å². The molecular formula is C13H15Cl2NO2. The average Bonchev–Trinajstić information content (AvgIpc) is 2.25. The number of carbonyl (C=O) groups is 1. The van der Waals surface area contributed by atoms with Crippen LogP contribution in [0.4, 0.5) is 0 Å². The zero-order chi connectivity index (χ0) is 13.3. The fraction of sp³-hybridized carbons (Fsp3) is 0.462. The van der Waals surface area contributed by atoms with Crippen molar-refractivity contribution in [3.8, 4) is 0 Å². The fourth-order valence-electron chi connectivity index (χ4n) is 2.16. The minimum atomic E-state index is -0.726. The maximum absolute atomic E-state index is 10.8. The van der Waals surface area contributed by atoms with Crippen LogP contribution in [-0.2, 0) is 11.3 Å². The molecule has 0 saturated carbocycles. The molecule has 0 amide bonds. The van der Waals surface area contributed by atoms with Crippen molar-refractivity contribution in [1.29, 1.82) is 0 Å². The van der Waals surface area contributed by atoms with Gasteiger partial charge in [-0.2, -0.15) is 0 Å². The van der Waals surface area contributed by atoms with Crippen LogP contribution in [0, 0.1) is 11.8 Å². The average molecular weight is 288 g/mol. The van der Waals surface area contributed by atoms with E-state index in [1.807, 2.05) is 18.2 Å². The molecule has 1 heterocycles. The second kappa shape index (κ2) is 5.47. The highest BCUT2D eigenvalue weighted by Crippen LogP contribution is 2.30. The Morgan fingerprint density at radius 3 is 2.50 bits per heavy atom. The van der Waals surface area contributed by atoms with Gasteiger partial charge in [-0.05, 0) is 18.1 Å². The Balaban J connectivity index is 1.93. The van der Waals surface area contributed by atoms with E-state index in [0.29, 0.717) is 16.6 Å². The van der Waals surface area contributed by atoms with E-state index in [-0.39, 0.29) is 11.8 Å². The molecular weight excluding hydrogens is 273 g/mol. The SMILES string of the molecule is CC(C(=O)O)C1CN(Cc2c(Cl)cccc2Cl)C1. The summed E-state index contributed by atoms with van der Waals surface area (Å²) in [7, 11) is 0. The third kappa shape index (κ3) is 2.79. The van der Waals surface area contributed by atoms with Crippen molar-refractivity contribution in [2.24, 2.45) is 11.8 Å². The molecule has 1 saturated heterocycles. The number of carboxylic acid groups (broad SMARTS) is 1. The van der Waals surface area contributed by atoms with Gasteiger partial charge in [0.1, 0.15) is 0 Å². The molecule has 0 aromatic heterocycles. The number of hydrogen-bond acceptors (Lipinski definition) is 2. The molecule has 0 spiro atoms. The Morgan fingerprint density at radius 1 is 1.44 bits per heavy atom. The highest BCUT2D eigenvalue weighted by atomic mass is 35.5. The van der Waals surface area contributed by atoms with Gasteiger partial charge in [0, 0.05) is 35.2 Å². The van der Waals surface area contributed by atoms with Gasteiger partial charge in [-0.25, -0.2) is 0 Å². The highest BCUT2D eigenvalue weighted by molar-refractivity contribution is 6.35. The second-order valence-electron chi connectivity index (χ2n) is 4.78. The van der Waals surface area contributed by atoms with Crippen LogP contribution in [0.25, 0.3) is 0 Å². The first-order chi connectivity index (χ1) is 8.49. The van der Waals surface area contributed by atoms with E-state index in [4.69, 9.17) is 28.3 Å². The van der Waals surface area contributed by atoms with E-state index in [9.17, 15) is 4.79 Å². The van der Waals surface area contributed by atoms with Crippen molar-refractivity contribution < 1.29 is 9.90 Å². The quantitative estimate of drug-likeness (QED) is 0.925. The summed E-state index contributed by atoms with van der Waals surface area (Å²) in [5.41, 5.74) is 0.919. The number of aliphatic carboxylic acids is 1. The van der Waals surface area contributed by atoms with Crippen LogP contribution in [-0.4, -0.2) is 29.1 Å². The monoisotopic (exact) mass is 287 g/mol. The summed E-state index contributed by atoms with van der Waals surface area (Å²) in [4.78, 5) is 13.0. The number of rotatable bonds is 4. The van der Waals surface area contributed by atoms with E-state index < -0.39 is 5.97 Å². The number of carboxylic acids is 1. The smallest absolute Gasteiger partial charge is 0.306 e. The summed E-state index contributed by atoms with van der Waals surface area (Å²) in [6, 6.07) is 5.46. The Morgan fingerprint density at radius 2 is 2.00 bits per heavy atom. The van der Waals surface area contributed by atoms with Crippen LogP contribution in [0.5, 0.6) is 0 Å². The van der Waals surface area contributed by atoms with Crippen LogP contribution in [0.3, 0.4) is 0 Å². The predicted octanol–water partition coefficient (Wildman–Crippen LogP) is 3.15. The van der Waals surface area contributed by atoms with Crippen molar-refractivity contribution in [3.63, 3.8) is 0 Å². The Kier molecular flexibility index (Phi) is 4.15. The molecule has 18 heavy (non-hydrogen) atoms. The lowest BCUT2D eigenvalue weighted by Gasteiger charge is -2.41. The summed E-state index contributed by atoms with van der Waals surface area (Å²) in [6.07, 6.45) is 0. The van der Waals surface area contributed by atoms with Gasteiger partial charge < -0.3 is 5.11 Å². The summed E-state index contributed by atoms with van der Waals surface area (Å²) in [6.45, 7) is 4.01. The van der Waals surface area contributed by atoms with E-state index >= 15 is 0 Å². The lowest BCUT2D eigenvalue weighted by molar-refractivity contribution is -0.145. The van der Waals surface area contributed by atoms with Crippen LogP contribution >= 0.6 is 23.2 Å². The van der Waals surface area contributed by atoms with Crippen molar-refractivity contribution >= 4 is 29.2 Å². The number of likely N-dealkylation sites (tertiary alicyclic amines) is 1. The molecule has 0 bridgehead atoms. The lowest BCUT2D eigenvalue weighted by atomic mass is 9.87. The molecule has 0 radical (unpaired) electrons. The first-order valence-electron chi connectivity index (χ1n) is 5.87. The third-order valence-electron chi connectivity index (χ3n) is 3.53. The van der Waals surface area contributed by atoms with E-state index in [1.54, 1.807) is 6.92 Å². The number of hydrogen-bond donors (Lipinski definition) is 1. The fourth-order valence-corrected chi connectivity index (χ4v) is 2.68. The number of halogens is 2. The van der Waals surface area contributed by atoms with E-state index in [2.05, 4.69) is 4.90 Å². The van der Waals surface area contributed by atoms with Gasteiger partial charge in [-0.1, -0.05) is 36.2 Å². The van der Waals surface area contributed by atoms with Gasteiger partial charge in [-0.3, -0.25) is 9.69 Å². The van der Waals surface area contributed by atoms with E-state index in [0.717, 1.165) is 18.7 Å². The number of nitrogens with zero attached hydrogens (tertiary/aromatic N) is 1. The molecule has 2 rings (SSSR count). The van der Waals surface area contributed by atoms with Crippen molar-refractivity contribution in [2.75, 3.05) is 13.1 Å². The molecule has 1 atom stereocenters. The summed E-state index contributed by atoms with van der Waals surface area (Å²) >= 11 is 12.2. The van der Waals surface area contributed by atoms with Crippen molar-refractivity contribution in [1.82, 2.24) is 4.90 Å². The first-order valence-corrected chi connectivity index (χ1v) is 6.62. The zero-order valence-corrected chi connectivity index (χ0v) is 11.6. The predicted molar refractivity (Wildman–Crippen MR) is 72.0 cm³/mol. The second-order valence-corrected chi connectivity index (χ2v) is 5.60. The molecule has 1 aromatic carbocycles. The highest BCUT2D eigenvalue weighted by Gasteiger charge is 2.34. The van der Waals surface area contributed by atoms with Crippen LogP contribution in [0.1, 0.15) is 12.5 Å². The van der Waals surface area contributed by atoms with Gasteiger partial charge in [0.05, 0.1) is 5.92 Å². The molecule has 1 fully saturated rings. The minimum Gasteiger partial charge on any atom is -0.481 e. The summed E-state index contributed by atoms with van der Waals surface area (Å²) < 4.78 is 0. The van der Waals surface area contributed by atoms with Gasteiger partial charge >= 0.3 is 5.97 Å². The summed E-state index contributed by atoms with van der Waals surface area (Å²) in [5.74, 6) is -0.790. The maximum atomic E-state index is 10.8.